The van der Waals surface area contributed by atoms with Crippen molar-refractivity contribution in [2.45, 2.75) is 12.6 Å². The highest BCUT2D eigenvalue weighted by Gasteiger charge is 2.29. The lowest BCUT2D eigenvalue weighted by Crippen LogP contribution is -3.15. The Hall–Kier alpha value is -3.04. The average molecular weight is 402 g/mol. The Morgan fingerprint density at radius 3 is 2.62 bits per heavy atom. The lowest BCUT2D eigenvalue weighted by molar-refractivity contribution is -0.938. The standard InChI is InChI=1S/C20H23N3O6/c24-19(21-11-14-3-4-17-18(10-14)29-13-28-17)20(25)22-12-15(16-2-1-7-27-16)23-5-8-26-9-6-23/h1-4,7,10,15H,5-6,8-9,11-13H2,(H,21,24)(H,22,25)/p+1/t15-/m1/s1. The lowest BCUT2D eigenvalue weighted by Gasteiger charge is -2.30. The summed E-state index contributed by atoms with van der Waals surface area (Å²) in [6.07, 6.45) is 1.61. The molecule has 4 rings (SSSR count). The number of rotatable bonds is 6. The molecule has 2 aliphatic rings. The molecule has 1 saturated heterocycles. The molecule has 1 aromatic heterocycles. The number of ether oxygens (including phenoxy) is 3. The molecule has 0 spiro atoms. The average Bonchev–Trinajstić information content (AvgIpc) is 3.44. The van der Waals surface area contributed by atoms with Gasteiger partial charge in [0.1, 0.15) is 13.1 Å². The Morgan fingerprint density at radius 1 is 1.03 bits per heavy atom. The highest BCUT2D eigenvalue weighted by molar-refractivity contribution is 6.35. The first-order chi connectivity index (χ1) is 14.2. The molecule has 0 saturated carbocycles. The van der Waals surface area contributed by atoms with Crippen molar-refractivity contribution in [3.63, 3.8) is 0 Å². The van der Waals surface area contributed by atoms with Crippen molar-refractivity contribution in [1.29, 1.82) is 0 Å². The molecule has 2 amide bonds. The minimum atomic E-state index is -0.683. The number of quaternary nitrogens is 1. The zero-order chi connectivity index (χ0) is 20.1. The lowest BCUT2D eigenvalue weighted by atomic mass is 10.1. The van der Waals surface area contributed by atoms with E-state index in [2.05, 4.69) is 10.6 Å². The molecule has 2 aliphatic heterocycles. The molecular weight excluding hydrogens is 378 g/mol. The van der Waals surface area contributed by atoms with E-state index in [1.807, 2.05) is 18.2 Å². The first kappa shape index (κ1) is 19.3. The van der Waals surface area contributed by atoms with Crippen molar-refractivity contribution >= 4 is 11.8 Å². The van der Waals surface area contributed by atoms with Gasteiger partial charge < -0.3 is 34.2 Å². The highest BCUT2D eigenvalue weighted by Crippen LogP contribution is 2.32. The maximum Gasteiger partial charge on any atom is 0.309 e. The van der Waals surface area contributed by atoms with Crippen LogP contribution in [0.2, 0.25) is 0 Å². The zero-order valence-corrected chi connectivity index (χ0v) is 15.9. The predicted molar refractivity (Wildman–Crippen MR) is 100 cm³/mol. The smallest absolute Gasteiger partial charge is 0.309 e. The van der Waals surface area contributed by atoms with E-state index in [-0.39, 0.29) is 19.4 Å². The van der Waals surface area contributed by atoms with Gasteiger partial charge in [0.15, 0.2) is 23.3 Å². The fraction of sp³-hybridized carbons (Fsp3) is 0.400. The summed E-state index contributed by atoms with van der Waals surface area (Å²) in [6, 6.07) is 9.03. The van der Waals surface area contributed by atoms with E-state index in [1.54, 1.807) is 18.4 Å². The van der Waals surface area contributed by atoms with Gasteiger partial charge in [-0.15, -0.1) is 0 Å². The molecule has 0 bridgehead atoms. The quantitative estimate of drug-likeness (QED) is 0.558. The molecule has 9 nitrogen and oxygen atoms in total. The molecule has 0 radical (unpaired) electrons. The van der Waals surface area contributed by atoms with Gasteiger partial charge in [-0.2, -0.15) is 0 Å². The van der Waals surface area contributed by atoms with Gasteiger partial charge in [-0.05, 0) is 29.8 Å². The van der Waals surface area contributed by atoms with Crippen LogP contribution in [0.15, 0.2) is 41.0 Å². The van der Waals surface area contributed by atoms with Gasteiger partial charge in [0.2, 0.25) is 6.79 Å². The van der Waals surface area contributed by atoms with Crippen molar-refractivity contribution in [3.05, 3.63) is 47.9 Å². The Balaban J connectivity index is 1.29. The first-order valence-electron chi connectivity index (χ1n) is 9.61. The van der Waals surface area contributed by atoms with Gasteiger partial charge in [-0.3, -0.25) is 9.59 Å². The second kappa shape index (κ2) is 8.97. The number of carbonyl (C=O) groups is 2. The van der Waals surface area contributed by atoms with E-state index in [0.29, 0.717) is 31.3 Å². The summed E-state index contributed by atoms with van der Waals surface area (Å²) in [7, 11) is 0. The van der Waals surface area contributed by atoms with Crippen LogP contribution in [0.3, 0.4) is 0 Å². The van der Waals surface area contributed by atoms with Crippen molar-refractivity contribution in [1.82, 2.24) is 10.6 Å². The second-order valence-corrected chi connectivity index (χ2v) is 6.92. The van der Waals surface area contributed by atoms with Crippen LogP contribution in [0.25, 0.3) is 0 Å². The summed E-state index contributed by atoms with van der Waals surface area (Å²) in [6.45, 7) is 3.68. The van der Waals surface area contributed by atoms with Gasteiger partial charge in [0, 0.05) is 6.54 Å². The third-order valence-corrected chi connectivity index (χ3v) is 5.08. The molecule has 29 heavy (non-hydrogen) atoms. The van der Waals surface area contributed by atoms with E-state index in [0.717, 1.165) is 24.4 Å². The van der Waals surface area contributed by atoms with E-state index in [1.165, 1.54) is 4.90 Å². The Morgan fingerprint density at radius 2 is 1.83 bits per heavy atom. The van der Waals surface area contributed by atoms with Gasteiger partial charge in [0.25, 0.3) is 0 Å². The Labute approximate surface area is 167 Å². The van der Waals surface area contributed by atoms with Crippen LogP contribution in [-0.2, 0) is 20.9 Å². The normalized spacial score (nSPS) is 17.0. The number of fused-ring (bicyclic) bond motifs is 1. The molecule has 3 N–H and O–H groups in total. The fourth-order valence-corrected chi connectivity index (χ4v) is 3.51. The second-order valence-electron chi connectivity index (χ2n) is 6.92. The van der Waals surface area contributed by atoms with Crippen LogP contribution >= 0.6 is 0 Å². The summed E-state index contributed by atoms with van der Waals surface area (Å²) in [5.41, 5.74) is 0.821. The van der Waals surface area contributed by atoms with Crippen molar-refractivity contribution in [2.75, 3.05) is 39.6 Å². The third kappa shape index (κ3) is 4.69. The number of carbonyl (C=O) groups excluding carboxylic acids is 2. The van der Waals surface area contributed by atoms with Crippen molar-refractivity contribution in [2.24, 2.45) is 0 Å². The maximum absolute atomic E-state index is 12.3. The molecule has 0 aliphatic carbocycles. The summed E-state index contributed by atoms with van der Waals surface area (Å²) in [5, 5.41) is 5.36. The molecule has 3 heterocycles. The summed E-state index contributed by atoms with van der Waals surface area (Å²) in [5.74, 6) is 0.735. The number of nitrogens with one attached hydrogen (secondary N) is 3. The minimum Gasteiger partial charge on any atom is -0.463 e. The predicted octanol–water partition coefficient (Wildman–Crippen LogP) is -0.603. The van der Waals surface area contributed by atoms with E-state index >= 15 is 0 Å². The third-order valence-electron chi connectivity index (χ3n) is 5.08. The van der Waals surface area contributed by atoms with Gasteiger partial charge in [-0.25, -0.2) is 0 Å². The Kier molecular flexibility index (Phi) is 5.97. The van der Waals surface area contributed by atoms with Gasteiger partial charge >= 0.3 is 11.8 Å². The number of hydrogen-bond donors (Lipinski definition) is 3. The maximum atomic E-state index is 12.3. The van der Waals surface area contributed by atoms with E-state index in [9.17, 15) is 9.59 Å². The van der Waals surface area contributed by atoms with Crippen LogP contribution in [0, 0.1) is 0 Å². The first-order valence-corrected chi connectivity index (χ1v) is 9.61. The van der Waals surface area contributed by atoms with E-state index < -0.39 is 11.8 Å². The topological polar surface area (TPSA) is 103 Å². The number of benzene rings is 1. The van der Waals surface area contributed by atoms with Gasteiger partial charge in [0.05, 0.1) is 26.0 Å². The molecular formula is C20H24N3O6+. The molecule has 1 atom stereocenters. The number of morpholine rings is 1. The van der Waals surface area contributed by atoms with Crippen molar-refractivity contribution in [3.8, 4) is 11.5 Å². The molecule has 9 heteroatoms. The van der Waals surface area contributed by atoms with Crippen LogP contribution in [0.1, 0.15) is 17.4 Å². The molecule has 154 valence electrons. The SMILES string of the molecule is O=C(NCc1ccc2c(c1)OCO2)C(=O)NC[C@H](c1ccco1)[NH+]1CCOCC1. The van der Waals surface area contributed by atoms with Crippen LogP contribution in [0.4, 0.5) is 0 Å². The fourth-order valence-electron chi connectivity index (χ4n) is 3.51. The molecule has 1 fully saturated rings. The summed E-state index contributed by atoms with van der Waals surface area (Å²) in [4.78, 5) is 25.7. The monoisotopic (exact) mass is 402 g/mol. The minimum absolute atomic E-state index is 0.0699. The summed E-state index contributed by atoms with van der Waals surface area (Å²) < 4.78 is 21.5. The molecule has 2 aromatic rings. The molecule has 1 aromatic carbocycles. The highest BCUT2D eigenvalue weighted by atomic mass is 16.7. The molecule has 0 unspecified atom stereocenters. The van der Waals surface area contributed by atoms with Crippen LogP contribution in [-0.4, -0.2) is 51.5 Å². The Bertz CT molecular complexity index is 848. The number of furan rings is 1. The van der Waals surface area contributed by atoms with Gasteiger partial charge in [-0.1, -0.05) is 6.07 Å². The number of hydrogen-bond acceptors (Lipinski definition) is 6. The van der Waals surface area contributed by atoms with Crippen LogP contribution in [0.5, 0.6) is 11.5 Å². The van der Waals surface area contributed by atoms with E-state index in [4.69, 9.17) is 18.6 Å². The number of amides is 2. The van der Waals surface area contributed by atoms with Crippen LogP contribution < -0.4 is 25.0 Å². The largest absolute Gasteiger partial charge is 0.463 e. The van der Waals surface area contributed by atoms with Crippen molar-refractivity contribution < 1.29 is 33.1 Å². The zero-order valence-electron chi connectivity index (χ0n) is 15.9. The summed E-state index contributed by atoms with van der Waals surface area (Å²) >= 11 is 0.